The van der Waals surface area contributed by atoms with E-state index in [2.05, 4.69) is 26.6 Å². The van der Waals surface area contributed by atoms with E-state index < -0.39 is 0 Å². The summed E-state index contributed by atoms with van der Waals surface area (Å²) in [7, 11) is 1.82. The van der Waals surface area contributed by atoms with Crippen molar-refractivity contribution in [3.63, 3.8) is 0 Å². The molecule has 110 valence electrons. The molecule has 0 aromatic heterocycles. The van der Waals surface area contributed by atoms with Crippen molar-refractivity contribution in [3.8, 4) is 0 Å². The summed E-state index contributed by atoms with van der Waals surface area (Å²) in [6.07, 6.45) is 0. The predicted molar refractivity (Wildman–Crippen MR) is 90.7 cm³/mol. The van der Waals surface area contributed by atoms with Gasteiger partial charge in [-0.2, -0.15) is 0 Å². The summed E-state index contributed by atoms with van der Waals surface area (Å²) in [4.78, 5) is 12.4. The highest BCUT2D eigenvalue weighted by Gasteiger charge is 2.14. The van der Waals surface area contributed by atoms with Gasteiger partial charge in [-0.25, -0.2) is 0 Å². The van der Waals surface area contributed by atoms with Gasteiger partial charge in [0.2, 0.25) is 0 Å². The van der Waals surface area contributed by atoms with Gasteiger partial charge in [-0.1, -0.05) is 34.1 Å². The minimum atomic E-state index is -0.0743. The van der Waals surface area contributed by atoms with Crippen molar-refractivity contribution in [2.75, 3.05) is 12.4 Å². The van der Waals surface area contributed by atoms with Gasteiger partial charge in [-0.3, -0.25) is 4.79 Å². The molecule has 1 amide bonds. The van der Waals surface area contributed by atoms with Crippen molar-refractivity contribution in [1.82, 2.24) is 5.32 Å². The zero-order valence-electron chi connectivity index (χ0n) is 12.4. The third-order valence-electron chi connectivity index (χ3n) is 3.41. The van der Waals surface area contributed by atoms with Crippen molar-refractivity contribution < 1.29 is 4.79 Å². The zero-order valence-corrected chi connectivity index (χ0v) is 14.0. The van der Waals surface area contributed by atoms with E-state index in [9.17, 15) is 4.79 Å². The number of rotatable bonds is 4. The lowest BCUT2D eigenvalue weighted by Gasteiger charge is -2.16. The fraction of sp³-hybridized carbons (Fsp3) is 0.235. The maximum Gasteiger partial charge on any atom is 0.253 e. The molecule has 0 aliphatic carbocycles. The standard InChI is InChI=1S/C17H19BrN2O/c1-11-4-9-15(16(10-11)19-3)17(21)20-12(2)13-5-7-14(18)8-6-13/h4-10,12,19H,1-3H3,(H,20,21). The topological polar surface area (TPSA) is 41.1 Å². The maximum absolute atomic E-state index is 12.4. The van der Waals surface area contributed by atoms with E-state index in [0.29, 0.717) is 5.56 Å². The Morgan fingerprint density at radius 2 is 1.81 bits per heavy atom. The Kier molecular flexibility index (Phi) is 5.02. The molecule has 0 radical (unpaired) electrons. The van der Waals surface area contributed by atoms with Crippen molar-refractivity contribution in [3.05, 3.63) is 63.6 Å². The molecular weight excluding hydrogens is 328 g/mol. The first-order valence-electron chi connectivity index (χ1n) is 6.86. The molecule has 1 unspecified atom stereocenters. The molecule has 0 saturated carbocycles. The van der Waals surface area contributed by atoms with E-state index in [0.717, 1.165) is 21.3 Å². The van der Waals surface area contributed by atoms with Crippen LogP contribution in [0.25, 0.3) is 0 Å². The molecular formula is C17H19BrN2O. The first-order chi connectivity index (χ1) is 10.0. The summed E-state index contributed by atoms with van der Waals surface area (Å²) in [5.74, 6) is -0.0743. The van der Waals surface area contributed by atoms with Gasteiger partial charge in [-0.05, 0) is 49.2 Å². The molecule has 3 nitrogen and oxygen atoms in total. The molecule has 0 fully saturated rings. The monoisotopic (exact) mass is 346 g/mol. The van der Waals surface area contributed by atoms with Gasteiger partial charge in [0.15, 0.2) is 0 Å². The van der Waals surface area contributed by atoms with Crippen LogP contribution < -0.4 is 10.6 Å². The zero-order chi connectivity index (χ0) is 15.4. The Morgan fingerprint density at radius 1 is 1.14 bits per heavy atom. The van der Waals surface area contributed by atoms with Crippen molar-refractivity contribution in [1.29, 1.82) is 0 Å². The van der Waals surface area contributed by atoms with Crippen LogP contribution in [0.5, 0.6) is 0 Å². The normalized spacial score (nSPS) is 11.8. The number of amides is 1. The lowest BCUT2D eigenvalue weighted by atomic mass is 10.1. The number of aryl methyl sites for hydroxylation is 1. The van der Waals surface area contributed by atoms with Gasteiger partial charge in [-0.15, -0.1) is 0 Å². The van der Waals surface area contributed by atoms with Gasteiger partial charge in [0.05, 0.1) is 11.6 Å². The highest BCUT2D eigenvalue weighted by Crippen LogP contribution is 2.20. The number of anilines is 1. The lowest BCUT2D eigenvalue weighted by Crippen LogP contribution is -2.27. The number of carbonyl (C=O) groups excluding carboxylic acids is 1. The van der Waals surface area contributed by atoms with E-state index in [1.54, 1.807) is 0 Å². The number of hydrogen-bond acceptors (Lipinski definition) is 2. The van der Waals surface area contributed by atoms with E-state index in [1.807, 2.05) is 63.4 Å². The summed E-state index contributed by atoms with van der Waals surface area (Å²) in [5.41, 5.74) is 3.70. The van der Waals surface area contributed by atoms with E-state index >= 15 is 0 Å². The minimum absolute atomic E-state index is 0.0448. The molecule has 0 aliphatic rings. The number of hydrogen-bond donors (Lipinski definition) is 2. The van der Waals surface area contributed by atoms with Crippen molar-refractivity contribution in [2.45, 2.75) is 19.9 Å². The summed E-state index contributed by atoms with van der Waals surface area (Å²) in [6, 6.07) is 13.7. The fourth-order valence-corrected chi connectivity index (χ4v) is 2.44. The van der Waals surface area contributed by atoms with Crippen LogP contribution in [-0.2, 0) is 0 Å². The third kappa shape index (κ3) is 3.85. The lowest BCUT2D eigenvalue weighted by molar-refractivity contribution is 0.0940. The van der Waals surface area contributed by atoms with Crippen LogP contribution in [-0.4, -0.2) is 13.0 Å². The summed E-state index contributed by atoms with van der Waals surface area (Å²) >= 11 is 3.41. The highest BCUT2D eigenvalue weighted by molar-refractivity contribution is 9.10. The van der Waals surface area contributed by atoms with E-state index in [4.69, 9.17) is 0 Å². The number of nitrogens with one attached hydrogen (secondary N) is 2. The van der Waals surface area contributed by atoms with Crippen LogP contribution >= 0.6 is 15.9 Å². The van der Waals surface area contributed by atoms with Crippen LogP contribution in [0.1, 0.15) is 34.5 Å². The minimum Gasteiger partial charge on any atom is -0.387 e. The molecule has 1 atom stereocenters. The smallest absolute Gasteiger partial charge is 0.253 e. The van der Waals surface area contributed by atoms with Gasteiger partial charge in [0.25, 0.3) is 5.91 Å². The highest BCUT2D eigenvalue weighted by atomic mass is 79.9. The van der Waals surface area contributed by atoms with Crippen LogP contribution in [0.4, 0.5) is 5.69 Å². The summed E-state index contributed by atoms with van der Waals surface area (Å²) in [6.45, 7) is 3.99. The summed E-state index contributed by atoms with van der Waals surface area (Å²) < 4.78 is 1.03. The largest absolute Gasteiger partial charge is 0.387 e. The van der Waals surface area contributed by atoms with Gasteiger partial charge in [0, 0.05) is 17.2 Å². The second-order valence-electron chi connectivity index (χ2n) is 5.05. The second-order valence-corrected chi connectivity index (χ2v) is 5.96. The number of benzene rings is 2. The SMILES string of the molecule is CNc1cc(C)ccc1C(=O)NC(C)c1ccc(Br)cc1. The molecule has 0 aliphatic heterocycles. The molecule has 0 saturated heterocycles. The van der Waals surface area contributed by atoms with Crippen LogP contribution in [0, 0.1) is 6.92 Å². The average Bonchev–Trinajstić information content (AvgIpc) is 2.47. The Bertz CT molecular complexity index is 638. The Balaban J connectivity index is 2.16. The predicted octanol–water partition coefficient (Wildman–Crippen LogP) is 4.29. The third-order valence-corrected chi connectivity index (χ3v) is 3.94. The molecule has 21 heavy (non-hydrogen) atoms. The van der Waals surface area contributed by atoms with Crippen molar-refractivity contribution in [2.24, 2.45) is 0 Å². The molecule has 2 rings (SSSR count). The van der Waals surface area contributed by atoms with Gasteiger partial charge in [0.1, 0.15) is 0 Å². The Labute approximate surface area is 133 Å². The molecule has 2 N–H and O–H groups in total. The quantitative estimate of drug-likeness (QED) is 0.866. The van der Waals surface area contributed by atoms with Crippen LogP contribution in [0.2, 0.25) is 0 Å². The molecule has 2 aromatic carbocycles. The first-order valence-corrected chi connectivity index (χ1v) is 7.65. The Morgan fingerprint density at radius 3 is 2.43 bits per heavy atom. The van der Waals surface area contributed by atoms with Gasteiger partial charge < -0.3 is 10.6 Å². The second kappa shape index (κ2) is 6.76. The summed E-state index contributed by atoms with van der Waals surface area (Å²) in [5, 5.41) is 6.10. The van der Waals surface area contributed by atoms with Crippen molar-refractivity contribution >= 4 is 27.5 Å². The maximum atomic E-state index is 12.4. The number of halogens is 1. The molecule has 4 heteroatoms. The van der Waals surface area contributed by atoms with Gasteiger partial charge >= 0.3 is 0 Å². The number of carbonyl (C=O) groups is 1. The van der Waals surface area contributed by atoms with Crippen LogP contribution in [0.15, 0.2) is 46.9 Å². The van der Waals surface area contributed by atoms with E-state index in [1.165, 1.54) is 0 Å². The average molecular weight is 347 g/mol. The Hall–Kier alpha value is -1.81. The first kappa shape index (κ1) is 15.6. The fourth-order valence-electron chi connectivity index (χ4n) is 2.17. The molecule has 2 aromatic rings. The molecule has 0 spiro atoms. The molecule has 0 bridgehead atoms. The van der Waals surface area contributed by atoms with E-state index in [-0.39, 0.29) is 11.9 Å². The van der Waals surface area contributed by atoms with Crippen LogP contribution in [0.3, 0.4) is 0 Å². The molecule has 0 heterocycles.